The van der Waals surface area contributed by atoms with Crippen molar-refractivity contribution < 1.29 is 14.0 Å². The van der Waals surface area contributed by atoms with E-state index in [2.05, 4.69) is 10.2 Å². The molecule has 0 radical (unpaired) electrons. The first-order valence-corrected chi connectivity index (χ1v) is 9.83. The Morgan fingerprint density at radius 3 is 2.64 bits per heavy atom. The third-order valence-electron chi connectivity index (χ3n) is 5.03. The second-order valence-electron chi connectivity index (χ2n) is 6.81. The van der Waals surface area contributed by atoms with Gasteiger partial charge >= 0.3 is 0 Å². The Hall–Kier alpha value is -2.93. The number of nitrogens with one attached hydrogen (secondary N) is 1. The monoisotopic (exact) mass is 395 g/mol. The average molecular weight is 395 g/mol. The Balaban J connectivity index is 1.67. The fourth-order valence-electron chi connectivity index (χ4n) is 3.57. The Kier molecular flexibility index (Phi) is 5.00. The Bertz CT molecular complexity index is 973. The van der Waals surface area contributed by atoms with E-state index in [0.717, 1.165) is 43.8 Å². The van der Waals surface area contributed by atoms with E-state index in [0.29, 0.717) is 11.4 Å². The van der Waals surface area contributed by atoms with E-state index in [1.165, 1.54) is 11.0 Å². The lowest BCUT2D eigenvalue weighted by molar-refractivity contribution is -0.122. The van der Waals surface area contributed by atoms with E-state index in [1.807, 2.05) is 37.3 Å². The molecule has 0 atom stereocenters. The molecule has 3 heterocycles. The maximum absolute atomic E-state index is 13.1. The second kappa shape index (κ2) is 7.59. The largest absolute Gasteiger partial charge is 0.441 e. The predicted molar refractivity (Wildman–Crippen MR) is 112 cm³/mol. The molecule has 2 aromatic rings. The number of aryl methyl sites for hydroxylation is 1. The van der Waals surface area contributed by atoms with Crippen molar-refractivity contribution in [3.63, 3.8) is 0 Å². The van der Waals surface area contributed by atoms with Gasteiger partial charge in [0.25, 0.3) is 11.8 Å². The number of hydrogen-bond acceptors (Lipinski definition) is 5. The number of furan rings is 1. The Morgan fingerprint density at radius 2 is 1.89 bits per heavy atom. The molecule has 1 aromatic heterocycles. The molecule has 6 nitrogen and oxygen atoms in total. The highest BCUT2D eigenvalue weighted by atomic mass is 32.1. The van der Waals surface area contributed by atoms with Crippen LogP contribution < -0.4 is 15.1 Å². The number of amides is 2. The summed E-state index contributed by atoms with van der Waals surface area (Å²) in [4.78, 5) is 29.1. The summed E-state index contributed by atoms with van der Waals surface area (Å²) in [6.07, 6.45) is 4.51. The zero-order valence-corrected chi connectivity index (χ0v) is 16.4. The highest BCUT2D eigenvalue weighted by Gasteiger charge is 2.35. The molecule has 7 heteroatoms. The molecule has 1 aromatic carbocycles. The van der Waals surface area contributed by atoms with Gasteiger partial charge in [-0.3, -0.25) is 19.8 Å². The summed E-state index contributed by atoms with van der Waals surface area (Å²) in [5, 5.41) is 2.71. The molecule has 0 unspecified atom stereocenters. The van der Waals surface area contributed by atoms with Crippen molar-refractivity contribution in [2.45, 2.75) is 26.2 Å². The summed E-state index contributed by atoms with van der Waals surface area (Å²) in [6.45, 7) is 3.92. The van der Waals surface area contributed by atoms with Gasteiger partial charge in [-0.2, -0.15) is 0 Å². The smallest absolute Gasteiger partial charge is 0.270 e. The minimum absolute atomic E-state index is 0.00169. The minimum Gasteiger partial charge on any atom is -0.441 e. The molecule has 2 aliphatic heterocycles. The van der Waals surface area contributed by atoms with Gasteiger partial charge in [0.05, 0.1) is 5.69 Å². The fraction of sp³-hybridized carbons (Fsp3) is 0.286. The van der Waals surface area contributed by atoms with E-state index in [4.69, 9.17) is 16.6 Å². The van der Waals surface area contributed by atoms with Crippen molar-refractivity contribution >= 4 is 46.8 Å². The number of rotatable bonds is 4. The summed E-state index contributed by atoms with van der Waals surface area (Å²) in [7, 11) is 0. The van der Waals surface area contributed by atoms with Gasteiger partial charge in [0, 0.05) is 19.2 Å². The zero-order chi connectivity index (χ0) is 19.7. The molecule has 144 valence electrons. The number of carbonyl (C=O) groups is 2. The lowest BCUT2D eigenvalue weighted by Gasteiger charge is -2.30. The van der Waals surface area contributed by atoms with Crippen LogP contribution in [0.1, 0.15) is 31.1 Å². The highest BCUT2D eigenvalue weighted by Crippen LogP contribution is 2.28. The van der Waals surface area contributed by atoms with Gasteiger partial charge in [-0.15, -0.1) is 0 Å². The molecule has 4 rings (SSSR count). The number of benzene rings is 1. The first-order chi connectivity index (χ1) is 13.6. The number of anilines is 2. The van der Waals surface area contributed by atoms with Crippen LogP contribution in [0.3, 0.4) is 0 Å². The lowest BCUT2D eigenvalue weighted by atomic mass is 10.1. The first-order valence-electron chi connectivity index (χ1n) is 9.42. The molecule has 0 spiro atoms. The van der Waals surface area contributed by atoms with Crippen LogP contribution in [0, 0.1) is 0 Å². The predicted octanol–water partition coefficient (Wildman–Crippen LogP) is 3.27. The normalized spacial score (nSPS) is 18.9. The second-order valence-corrected chi connectivity index (χ2v) is 7.20. The van der Waals surface area contributed by atoms with Crippen molar-refractivity contribution in [2.24, 2.45) is 0 Å². The van der Waals surface area contributed by atoms with Crippen LogP contribution >= 0.6 is 12.2 Å². The molecule has 2 amide bonds. The van der Waals surface area contributed by atoms with Crippen LogP contribution in [-0.2, 0) is 16.0 Å². The SMILES string of the molecule is CCc1ccccc1N1C(=O)C(=Cc2ccc(N3CCCC3)o2)C(=O)NC1=S. The number of hydrogen-bond donors (Lipinski definition) is 1. The van der Waals surface area contributed by atoms with Gasteiger partial charge in [-0.25, -0.2) is 0 Å². The maximum atomic E-state index is 13.1. The zero-order valence-electron chi connectivity index (χ0n) is 15.6. The Labute approximate surface area is 168 Å². The lowest BCUT2D eigenvalue weighted by Crippen LogP contribution is -2.54. The van der Waals surface area contributed by atoms with Gasteiger partial charge in [-0.05, 0) is 55.3 Å². The van der Waals surface area contributed by atoms with Crippen molar-refractivity contribution in [2.75, 3.05) is 22.9 Å². The van der Waals surface area contributed by atoms with Crippen LogP contribution in [0.15, 0.2) is 46.4 Å². The van der Waals surface area contributed by atoms with Crippen molar-refractivity contribution in [3.8, 4) is 0 Å². The van der Waals surface area contributed by atoms with E-state index in [1.54, 1.807) is 6.07 Å². The minimum atomic E-state index is -0.514. The molecule has 0 saturated carbocycles. The quantitative estimate of drug-likeness (QED) is 0.489. The third kappa shape index (κ3) is 3.33. The molecule has 0 bridgehead atoms. The molecule has 2 fully saturated rings. The van der Waals surface area contributed by atoms with Crippen molar-refractivity contribution in [3.05, 3.63) is 53.3 Å². The number of carbonyl (C=O) groups excluding carboxylic acids is 2. The van der Waals surface area contributed by atoms with Crippen LogP contribution in [0.25, 0.3) is 6.08 Å². The summed E-state index contributed by atoms with van der Waals surface area (Å²) in [5.41, 5.74) is 1.66. The van der Waals surface area contributed by atoms with Gasteiger partial charge in [-0.1, -0.05) is 25.1 Å². The topological polar surface area (TPSA) is 65.8 Å². The van der Waals surface area contributed by atoms with Crippen LogP contribution in [0.5, 0.6) is 0 Å². The van der Waals surface area contributed by atoms with Gasteiger partial charge in [0.15, 0.2) is 11.0 Å². The maximum Gasteiger partial charge on any atom is 0.270 e. The van der Waals surface area contributed by atoms with E-state index < -0.39 is 11.8 Å². The van der Waals surface area contributed by atoms with Crippen LogP contribution in [-0.4, -0.2) is 30.0 Å². The summed E-state index contributed by atoms with van der Waals surface area (Å²) in [6, 6.07) is 11.2. The molecule has 1 N–H and O–H groups in total. The standard InChI is InChI=1S/C21H21N3O3S/c1-2-14-7-3-4-8-17(14)24-20(26)16(19(25)22-21(24)28)13-15-9-10-18(27-15)23-11-5-6-12-23/h3-4,7-10,13H,2,5-6,11-12H2,1H3,(H,22,25,28). The molecule has 2 aliphatic rings. The molecular formula is C21H21N3O3S. The van der Waals surface area contributed by atoms with Crippen molar-refractivity contribution in [1.82, 2.24) is 5.32 Å². The summed E-state index contributed by atoms with van der Waals surface area (Å²) < 4.78 is 5.85. The third-order valence-corrected chi connectivity index (χ3v) is 5.32. The van der Waals surface area contributed by atoms with Crippen LogP contribution in [0.2, 0.25) is 0 Å². The molecule has 2 saturated heterocycles. The van der Waals surface area contributed by atoms with Gasteiger partial charge < -0.3 is 9.32 Å². The van der Waals surface area contributed by atoms with Gasteiger partial charge in [0.2, 0.25) is 0 Å². The van der Waals surface area contributed by atoms with E-state index in [9.17, 15) is 9.59 Å². The number of nitrogens with zero attached hydrogens (tertiary/aromatic N) is 2. The van der Waals surface area contributed by atoms with E-state index >= 15 is 0 Å². The molecule has 28 heavy (non-hydrogen) atoms. The average Bonchev–Trinajstić information content (AvgIpc) is 3.37. The number of para-hydroxylation sites is 1. The van der Waals surface area contributed by atoms with E-state index in [-0.39, 0.29) is 10.7 Å². The highest BCUT2D eigenvalue weighted by molar-refractivity contribution is 7.80. The number of thiocarbonyl (C=S) groups is 1. The first kappa shape index (κ1) is 18.4. The van der Waals surface area contributed by atoms with Gasteiger partial charge in [0.1, 0.15) is 11.3 Å². The molecular weight excluding hydrogens is 374 g/mol. The summed E-state index contributed by atoms with van der Waals surface area (Å²) >= 11 is 5.28. The van der Waals surface area contributed by atoms with Crippen LogP contribution in [0.4, 0.5) is 11.6 Å². The molecule has 0 aliphatic carbocycles. The fourth-order valence-corrected chi connectivity index (χ4v) is 3.85. The van der Waals surface area contributed by atoms with Crippen molar-refractivity contribution in [1.29, 1.82) is 0 Å². The Morgan fingerprint density at radius 1 is 1.14 bits per heavy atom. The summed E-state index contributed by atoms with van der Waals surface area (Å²) in [5.74, 6) is 0.266.